The number of hydrogen-bond donors (Lipinski definition) is 4. The largest absolute Gasteiger partial charge is 2.00 e. The van der Waals surface area contributed by atoms with Gasteiger partial charge in [0, 0.05) is 0 Å². The van der Waals surface area contributed by atoms with Crippen LogP contribution in [0.2, 0.25) is 0 Å². The molecule has 0 heterocycles. The molecular formula is C2H4N2NiS8. The van der Waals surface area contributed by atoms with Crippen LogP contribution in [0.4, 0.5) is 0 Å². The molecule has 80 valence electrons. The molecule has 0 aliphatic carbocycles. The maximum absolute atomic E-state index is 4.36. The van der Waals surface area contributed by atoms with Crippen molar-refractivity contribution in [3.05, 3.63) is 0 Å². The van der Waals surface area contributed by atoms with Crippen LogP contribution in [0.1, 0.15) is 0 Å². The summed E-state index contributed by atoms with van der Waals surface area (Å²) in [5, 5.41) is 0. The molecule has 0 rings (SSSR count). The van der Waals surface area contributed by atoms with Gasteiger partial charge in [0.25, 0.3) is 0 Å². The topological polar surface area (TPSA) is 6.02 Å². The number of rotatable bonds is 0. The van der Waals surface area contributed by atoms with Crippen LogP contribution in [0.5, 0.6) is 0 Å². The molecule has 0 fully saturated rings. The van der Waals surface area contributed by atoms with Crippen LogP contribution < -0.4 is 0 Å². The van der Waals surface area contributed by atoms with E-state index in [1.165, 1.54) is 0 Å². The van der Waals surface area contributed by atoms with Crippen LogP contribution >= 0.6 is 50.5 Å². The molecule has 0 unspecified atom stereocenters. The Balaban J connectivity index is -0.000000143. The van der Waals surface area contributed by atoms with E-state index in [1.54, 1.807) is 0 Å². The summed E-state index contributed by atoms with van der Waals surface area (Å²) in [5.74, 6) is 0. The molecule has 0 saturated heterocycles. The summed E-state index contributed by atoms with van der Waals surface area (Å²) in [4.78, 5) is 0. The van der Waals surface area contributed by atoms with E-state index in [-0.39, 0.29) is 16.5 Å². The average molecular weight is 371 g/mol. The Morgan fingerprint density at radius 1 is 0.692 bits per heavy atom. The maximum atomic E-state index is 4.36. The first kappa shape index (κ1) is 20.5. The third-order valence-electron chi connectivity index (χ3n) is 0.327. The molecule has 0 spiro atoms. The molecule has 0 aliphatic rings. The Morgan fingerprint density at radius 3 is 0.769 bits per heavy atom. The molecule has 0 aliphatic heterocycles. The van der Waals surface area contributed by atoms with Gasteiger partial charge in [-0.15, -0.1) is 0 Å². The summed E-state index contributed by atoms with van der Waals surface area (Å²) >= 11 is 32.2. The number of hydrogen-bond acceptors (Lipinski definition) is 4. The summed E-state index contributed by atoms with van der Waals surface area (Å²) in [6.45, 7) is 0. The Hall–Kier alpha value is 2.11. The van der Waals surface area contributed by atoms with E-state index in [2.05, 4.69) is 102 Å². The quantitative estimate of drug-likeness (QED) is 0.121. The van der Waals surface area contributed by atoms with Gasteiger partial charge in [-0.3, -0.25) is 0 Å². The minimum atomic E-state index is 0. The zero-order valence-electron chi connectivity index (χ0n) is 5.63. The Labute approximate surface area is 132 Å². The van der Waals surface area contributed by atoms with E-state index in [0.717, 1.165) is 6.77 Å². The van der Waals surface area contributed by atoms with E-state index in [1.807, 2.05) is 0 Å². The first-order chi connectivity index (χ1) is 5.29. The maximum Gasteiger partial charge on any atom is 2.00 e. The van der Waals surface area contributed by atoms with Gasteiger partial charge in [0.2, 0.25) is 8.75 Å². The van der Waals surface area contributed by atoms with Crippen molar-refractivity contribution in [2.24, 2.45) is 0 Å². The van der Waals surface area contributed by atoms with E-state index < -0.39 is 0 Å². The zero-order valence-corrected chi connectivity index (χ0v) is 13.5. The van der Waals surface area contributed by atoms with E-state index in [9.17, 15) is 0 Å². The molecule has 0 aromatic rings. The van der Waals surface area contributed by atoms with Gasteiger partial charge >= 0.3 is 16.5 Å². The molecule has 0 aromatic carbocycles. The first-order valence-electron chi connectivity index (χ1n) is 2.07. The standard InChI is InChI=1S/2CH2NS4.Ni/c2*3-1(4)2(5)6;/h2*(H2-,3,4,5,6);/q2*-1;+2. The van der Waals surface area contributed by atoms with Crippen molar-refractivity contribution in [1.82, 2.24) is 0 Å². The van der Waals surface area contributed by atoms with Crippen molar-refractivity contribution in [2.75, 3.05) is 0 Å². The summed E-state index contributed by atoms with van der Waals surface area (Å²) in [5.41, 5.74) is 0. The molecule has 0 bridgehead atoms. The number of nitrogens with zero attached hydrogens (tertiary/aromatic N) is 2. The molecule has 0 aromatic heterocycles. The van der Waals surface area contributed by atoms with Crippen molar-refractivity contribution < 1.29 is 23.3 Å². The fraction of sp³-hybridized carbons (Fsp3) is 0. The second kappa shape index (κ2) is 12.2. The molecule has 0 amide bonds. The molecule has 2 nitrogen and oxygen atoms in total. The van der Waals surface area contributed by atoms with Gasteiger partial charge in [0.05, 0.1) is 0 Å². The minimum Gasteiger partial charge on any atom is -0.452 e. The predicted molar refractivity (Wildman–Crippen MR) is 75.9 cm³/mol. The van der Waals surface area contributed by atoms with Gasteiger partial charge in [-0.25, -0.2) is 0 Å². The third kappa shape index (κ3) is 20.2. The van der Waals surface area contributed by atoms with Crippen LogP contribution in [0.25, 0.3) is 0 Å². The summed E-state index contributed by atoms with van der Waals surface area (Å²) in [6, 6.07) is 0. The van der Waals surface area contributed by atoms with E-state index in [0.29, 0.717) is 8.75 Å². The summed E-state index contributed by atoms with van der Waals surface area (Å²) < 4.78 is 2.68. The van der Waals surface area contributed by atoms with Gasteiger partial charge in [0.1, 0.15) is 0 Å². The van der Waals surface area contributed by atoms with Gasteiger partial charge in [-0.1, -0.05) is 50.5 Å². The minimum absolute atomic E-state index is 0. The molecule has 0 radical (unpaired) electrons. The van der Waals surface area contributed by atoms with Gasteiger partial charge in [-0.2, -0.15) is 0 Å². The molecule has 0 N–H and O–H groups in total. The number of thiol groups is 4. The van der Waals surface area contributed by atoms with Crippen molar-refractivity contribution in [3.8, 4) is 0 Å². The molecular weight excluding hydrogens is 367 g/mol. The normalized spacial score (nSPS) is 7.08. The monoisotopic (exact) mass is 370 g/mol. The van der Waals surface area contributed by atoms with Crippen LogP contribution in [-0.2, 0) is 67.8 Å². The fourth-order valence-electron chi connectivity index (χ4n) is 0. The van der Waals surface area contributed by atoms with Crippen molar-refractivity contribution in [2.45, 2.75) is 0 Å². The predicted octanol–water partition coefficient (Wildman–Crippen LogP) is 0.274. The van der Waals surface area contributed by atoms with Crippen molar-refractivity contribution >= 4 is 111 Å². The van der Waals surface area contributed by atoms with Gasteiger partial charge in [-0.05, 0) is 0 Å². The fourth-order valence-corrected chi connectivity index (χ4v) is 0. The van der Waals surface area contributed by atoms with Crippen molar-refractivity contribution in [3.63, 3.8) is 0 Å². The molecule has 13 heavy (non-hydrogen) atoms. The Bertz CT molecular complexity index is 142. The van der Waals surface area contributed by atoms with Gasteiger partial charge in [0.15, 0.2) is 0 Å². The van der Waals surface area contributed by atoms with Crippen molar-refractivity contribution in [1.29, 1.82) is 0 Å². The van der Waals surface area contributed by atoms with E-state index in [4.69, 9.17) is 0 Å². The molecule has 0 saturated carbocycles. The molecule has 0 atom stereocenters. The second-order valence-electron chi connectivity index (χ2n) is 1.11. The Kier molecular flexibility index (Phi) is 19.2. The summed E-state index contributed by atoms with van der Waals surface area (Å²) in [7, 11) is 0. The van der Waals surface area contributed by atoms with Crippen LogP contribution in [0.15, 0.2) is 0 Å². The Morgan fingerprint density at radius 2 is 0.769 bits per heavy atom. The summed E-state index contributed by atoms with van der Waals surface area (Å²) in [6.07, 6.45) is 0. The zero-order chi connectivity index (χ0) is 10.3. The average Bonchev–Trinajstić information content (AvgIpc) is 1.88. The van der Waals surface area contributed by atoms with Crippen LogP contribution in [-0.4, -0.2) is 15.5 Å². The van der Waals surface area contributed by atoms with Crippen LogP contribution in [0, 0.1) is 0 Å². The smallest absolute Gasteiger partial charge is 0.452 e. The van der Waals surface area contributed by atoms with Crippen LogP contribution in [0.3, 0.4) is 0 Å². The van der Waals surface area contributed by atoms with Gasteiger partial charge < -0.3 is 58.0 Å². The second-order valence-corrected chi connectivity index (χ2v) is 5.44. The third-order valence-corrected chi connectivity index (χ3v) is 2.94. The first-order valence-corrected chi connectivity index (χ1v) is 5.32. The SMILES string of the molecule is [Ni+2].[S-][N+]([S-])=C(S)S.[S-][N+]([S-])=C(S)S. The van der Waals surface area contributed by atoms with E-state index >= 15 is 0 Å². The molecule has 11 heteroatoms.